The molecular formula is C18H19ClN2O3. The summed E-state index contributed by atoms with van der Waals surface area (Å²) in [4.78, 5) is 25.8. The fourth-order valence-corrected chi connectivity index (χ4v) is 2.49. The van der Waals surface area contributed by atoms with Crippen molar-refractivity contribution < 1.29 is 14.3 Å². The molecule has 2 aromatic carbocycles. The zero-order valence-corrected chi connectivity index (χ0v) is 14.6. The van der Waals surface area contributed by atoms with Crippen LogP contribution < -0.4 is 15.0 Å². The molecule has 1 N–H and O–H groups in total. The van der Waals surface area contributed by atoms with Crippen LogP contribution in [-0.4, -0.2) is 25.5 Å². The number of aryl methyl sites for hydroxylation is 1. The smallest absolute Gasteiger partial charge is 0.244 e. The maximum absolute atomic E-state index is 12.4. The van der Waals surface area contributed by atoms with E-state index >= 15 is 0 Å². The van der Waals surface area contributed by atoms with Crippen LogP contribution in [0.4, 0.5) is 11.4 Å². The van der Waals surface area contributed by atoms with E-state index in [-0.39, 0.29) is 18.4 Å². The normalized spacial score (nSPS) is 10.2. The number of amides is 2. The average molecular weight is 347 g/mol. The van der Waals surface area contributed by atoms with E-state index in [1.54, 1.807) is 30.3 Å². The second kappa shape index (κ2) is 7.84. The molecule has 0 aliphatic carbocycles. The number of benzene rings is 2. The number of hydrogen-bond acceptors (Lipinski definition) is 3. The van der Waals surface area contributed by atoms with Gasteiger partial charge >= 0.3 is 0 Å². The van der Waals surface area contributed by atoms with Gasteiger partial charge < -0.3 is 15.0 Å². The first-order chi connectivity index (χ1) is 11.4. The number of ether oxygens (including phenoxy) is 1. The van der Waals surface area contributed by atoms with Crippen LogP contribution in [0, 0.1) is 6.92 Å². The molecule has 0 atom stereocenters. The van der Waals surface area contributed by atoms with Gasteiger partial charge in [-0.1, -0.05) is 29.8 Å². The lowest BCUT2D eigenvalue weighted by atomic mass is 10.1. The molecule has 0 fully saturated rings. The molecule has 0 saturated heterocycles. The molecule has 24 heavy (non-hydrogen) atoms. The van der Waals surface area contributed by atoms with Crippen LogP contribution >= 0.6 is 11.6 Å². The highest BCUT2D eigenvalue weighted by molar-refractivity contribution is 6.31. The van der Waals surface area contributed by atoms with Gasteiger partial charge in [0.2, 0.25) is 11.8 Å². The minimum atomic E-state index is -0.325. The van der Waals surface area contributed by atoms with E-state index in [2.05, 4.69) is 5.32 Å². The third-order valence-corrected chi connectivity index (χ3v) is 3.76. The summed E-state index contributed by atoms with van der Waals surface area (Å²) in [6, 6.07) is 12.3. The summed E-state index contributed by atoms with van der Waals surface area (Å²) in [6.07, 6.45) is 0. The molecule has 126 valence electrons. The molecule has 2 amide bonds. The van der Waals surface area contributed by atoms with Gasteiger partial charge in [-0.2, -0.15) is 0 Å². The number of nitrogens with one attached hydrogen (secondary N) is 1. The Kier molecular flexibility index (Phi) is 5.82. The Morgan fingerprint density at radius 3 is 2.58 bits per heavy atom. The Morgan fingerprint density at radius 1 is 1.21 bits per heavy atom. The summed E-state index contributed by atoms with van der Waals surface area (Å²) in [5.74, 6) is -0.0104. The molecule has 5 nitrogen and oxygen atoms in total. The largest absolute Gasteiger partial charge is 0.495 e. The van der Waals surface area contributed by atoms with Gasteiger partial charge in [-0.3, -0.25) is 9.59 Å². The summed E-state index contributed by atoms with van der Waals surface area (Å²) in [5, 5.41) is 3.27. The predicted octanol–water partition coefficient (Wildman–Crippen LogP) is 3.65. The predicted molar refractivity (Wildman–Crippen MR) is 95.8 cm³/mol. The number of halogens is 1. The maximum atomic E-state index is 12.4. The number of para-hydroxylation sites is 2. The van der Waals surface area contributed by atoms with Crippen molar-refractivity contribution in [1.82, 2.24) is 0 Å². The van der Waals surface area contributed by atoms with Crippen molar-refractivity contribution in [2.75, 3.05) is 23.9 Å². The summed E-state index contributed by atoms with van der Waals surface area (Å²) in [7, 11) is 1.53. The number of carbonyl (C=O) groups excluding carboxylic acids is 2. The first kappa shape index (κ1) is 17.8. The zero-order chi connectivity index (χ0) is 17.7. The molecule has 0 aromatic heterocycles. The van der Waals surface area contributed by atoms with Crippen molar-refractivity contribution in [2.45, 2.75) is 13.8 Å². The lowest BCUT2D eigenvalue weighted by Crippen LogP contribution is -2.37. The van der Waals surface area contributed by atoms with Crippen molar-refractivity contribution in [3.8, 4) is 5.75 Å². The number of rotatable bonds is 5. The van der Waals surface area contributed by atoms with E-state index in [1.165, 1.54) is 18.9 Å². The van der Waals surface area contributed by atoms with E-state index in [0.717, 1.165) is 5.56 Å². The lowest BCUT2D eigenvalue weighted by Gasteiger charge is -2.23. The van der Waals surface area contributed by atoms with E-state index in [0.29, 0.717) is 22.1 Å². The van der Waals surface area contributed by atoms with E-state index < -0.39 is 0 Å². The second-order valence-corrected chi connectivity index (χ2v) is 5.72. The molecule has 0 aliphatic rings. The van der Waals surface area contributed by atoms with E-state index in [1.807, 2.05) is 19.1 Å². The van der Waals surface area contributed by atoms with Gasteiger partial charge in [0.15, 0.2) is 0 Å². The monoisotopic (exact) mass is 346 g/mol. The molecule has 0 aliphatic heterocycles. The quantitative estimate of drug-likeness (QED) is 0.899. The minimum absolute atomic E-state index is 0.117. The van der Waals surface area contributed by atoms with E-state index in [9.17, 15) is 9.59 Å². The number of anilines is 2. The Labute approximate surface area is 146 Å². The first-order valence-electron chi connectivity index (χ1n) is 7.39. The molecular weight excluding hydrogens is 328 g/mol. The van der Waals surface area contributed by atoms with Crippen molar-refractivity contribution in [3.63, 3.8) is 0 Å². The molecule has 0 radical (unpaired) electrons. The van der Waals surface area contributed by atoms with Gasteiger partial charge in [-0.05, 0) is 36.8 Å². The van der Waals surface area contributed by atoms with Gasteiger partial charge in [0.05, 0.1) is 12.8 Å². The number of hydrogen-bond donors (Lipinski definition) is 1. The topological polar surface area (TPSA) is 58.6 Å². The SMILES string of the molecule is COc1ccccc1NC(=O)CN(C(C)=O)c1cc(Cl)ccc1C. The highest BCUT2D eigenvalue weighted by Crippen LogP contribution is 2.26. The fourth-order valence-electron chi connectivity index (χ4n) is 2.32. The molecule has 6 heteroatoms. The van der Waals surface area contributed by atoms with Crippen molar-refractivity contribution >= 4 is 34.8 Å². The summed E-state index contributed by atoms with van der Waals surface area (Å²) >= 11 is 6.02. The van der Waals surface area contributed by atoms with Crippen molar-refractivity contribution in [2.24, 2.45) is 0 Å². The maximum Gasteiger partial charge on any atom is 0.244 e. The number of methoxy groups -OCH3 is 1. The highest BCUT2D eigenvalue weighted by Gasteiger charge is 2.18. The van der Waals surface area contributed by atoms with Crippen LogP contribution in [0.1, 0.15) is 12.5 Å². The van der Waals surface area contributed by atoms with Crippen LogP contribution in [0.3, 0.4) is 0 Å². The second-order valence-electron chi connectivity index (χ2n) is 5.28. The molecule has 0 spiro atoms. The van der Waals surface area contributed by atoms with Crippen molar-refractivity contribution in [1.29, 1.82) is 0 Å². The summed E-state index contributed by atoms with van der Waals surface area (Å²) in [6.45, 7) is 3.16. The Balaban J connectivity index is 2.20. The highest BCUT2D eigenvalue weighted by atomic mass is 35.5. The van der Waals surface area contributed by atoms with Crippen LogP contribution in [0.15, 0.2) is 42.5 Å². The van der Waals surface area contributed by atoms with Gasteiger partial charge in [-0.25, -0.2) is 0 Å². The van der Waals surface area contributed by atoms with Crippen LogP contribution in [-0.2, 0) is 9.59 Å². The lowest BCUT2D eigenvalue weighted by molar-refractivity contribution is -0.120. The van der Waals surface area contributed by atoms with Crippen LogP contribution in [0.2, 0.25) is 5.02 Å². The Morgan fingerprint density at radius 2 is 1.92 bits per heavy atom. The number of nitrogens with zero attached hydrogens (tertiary/aromatic N) is 1. The molecule has 0 heterocycles. The fraction of sp³-hybridized carbons (Fsp3) is 0.222. The van der Waals surface area contributed by atoms with Gasteiger partial charge in [0.25, 0.3) is 0 Å². The summed E-state index contributed by atoms with van der Waals surface area (Å²) in [5.41, 5.74) is 2.03. The average Bonchev–Trinajstić information content (AvgIpc) is 2.55. The Hall–Kier alpha value is -2.53. The molecule has 0 bridgehead atoms. The van der Waals surface area contributed by atoms with Gasteiger partial charge in [-0.15, -0.1) is 0 Å². The molecule has 2 rings (SSSR count). The van der Waals surface area contributed by atoms with E-state index in [4.69, 9.17) is 16.3 Å². The van der Waals surface area contributed by atoms with Crippen LogP contribution in [0.25, 0.3) is 0 Å². The third kappa shape index (κ3) is 4.26. The first-order valence-corrected chi connectivity index (χ1v) is 7.77. The van der Waals surface area contributed by atoms with Gasteiger partial charge in [0.1, 0.15) is 12.3 Å². The third-order valence-electron chi connectivity index (χ3n) is 3.52. The Bertz CT molecular complexity index is 762. The molecule has 0 saturated carbocycles. The molecule has 2 aromatic rings. The van der Waals surface area contributed by atoms with Crippen LogP contribution in [0.5, 0.6) is 5.75 Å². The standard InChI is InChI=1S/C18H19ClN2O3/c1-12-8-9-14(19)10-16(12)21(13(2)22)11-18(23)20-15-6-4-5-7-17(15)24-3/h4-10H,11H2,1-3H3,(H,20,23). The summed E-state index contributed by atoms with van der Waals surface area (Å²) < 4.78 is 5.21. The zero-order valence-electron chi connectivity index (χ0n) is 13.8. The number of carbonyl (C=O) groups is 2. The molecule has 0 unspecified atom stereocenters. The van der Waals surface area contributed by atoms with Gasteiger partial charge in [0, 0.05) is 17.6 Å². The minimum Gasteiger partial charge on any atom is -0.495 e. The van der Waals surface area contributed by atoms with Crippen molar-refractivity contribution in [3.05, 3.63) is 53.1 Å².